The Hall–Kier alpha value is -0.390. The highest BCUT2D eigenvalue weighted by Crippen LogP contribution is 2.35. The molecule has 1 aromatic carbocycles. The maximum Gasteiger partial charge on any atom is 0.155 e. The Kier molecular flexibility index (Phi) is 4.34. The minimum absolute atomic E-state index is 0.0396. The molecule has 20 heavy (non-hydrogen) atoms. The van der Waals surface area contributed by atoms with Gasteiger partial charge in [0.15, 0.2) is 9.84 Å². The number of hydrogen-bond donors (Lipinski definition) is 1. The molecule has 0 aromatic heterocycles. The van der Waals surface area contributed by atoms with E-state index in [0.717, 1.165) is 17.6 Å². The van der Waals surface area contributed by atoms with E-state index in [9.17, 15) is 8.42 Å². The van der Waals surface area contributed by atoms with E-state index in [0.29, 0.717) is 6.42 Å². The zero-order valence-electron chi connectivity index (χ0n) is 12.2. The summed E-state index contributed by atoms with van der Waals surface area (Å²) < 4.78 is 25.0. The van der Waals surface area contributed by atoms with Gasteiger partial charge in [-0.15, -0.1) is 0 Å². The van der Waals surface area contributed by atoms with Crippen LogP contribution >= 0.6 is 15.9 Å². The van der Waals surface area contributed by atoms with Crippen LogP contribution in [-0.2, 0) is 15.3 Å². The Labute approximate surface area is 130 Å². The van der Waals surface area contributed by atoms with E-state index in [4.69, 9.17) is 0 Å². The quantitative estimate of drug-likeness (QED) is 0.898. The topological polar surface area (TPSA) is 46.2 Å². The van der Waals surface area contributed by atoms with Gasteiger partial charge in [-0.25, -0.2) is 8.42 Å². The lowest BCUT2D eigenvalue weighted by molar-refractivity contribution is 0.268. The molecule has 0 atom stereocenters. The highest BCUT2D eigenvalue weighted by molar-refractivity contribution is 9.10. The lowest BCUT2D eigenvalue weighted by atomic mass is 9.73. The molecule has 5 heteroatoms. The number of nitrogens with one attached hydrogen (secondary N) is 1. The molecule has 0 spiro atoms. The lowest BCUT2D eigenvalue weighted by Crippen LogP contribution is -2.57. The highest BCUT2D eigenvalue weighted by Gasteiger charge is 2.41. The Morgan fingerprint density at radius 3 is 2.40 bits per heavy atom. The van der Waals surface area contributed by atoms with E-state index >= 15 is 0 Å². The summed E-state index contributed by atoms with van der Waals surface area (Å²) in [5.74, 6) is 0.241. The van der Waals surface area contributed by atoms with E-state index in [1.165, 1.54) is 5.56 Å². The summed E-state index contributed by atoms with van der Waals surface area (Å²) in [4.78, 5) is 0. The third-order valence-electron chi connectivity index (χ3n) is 4.15. The van der Waals surface area contributed by atoms with Crippen molar-refractivity contribution < 1.29 is 8.42 Å². The molecule has 0 unspecified atom stereocenters. The molecule has 0 saturated carbocycles. The zero-order valence-corrected chi connectivity index (χ0v) is 14.6. The molecule has 0 aliphatic carbocycles. The summed E-state index contributed by atoms with van der Waals surface area (Å²) in [7, 11) is -3.06. The molecule has 1 aliphatic rings. The van der Waals surface area contributed by atoms with Crippen LogP contribution in [0, 0.1) is 0 Å². The van der Waals surface area contributed by atoms with E-state index in [1.807, 2.05) is 12.1 Å². The first-order valence-electron chi connectivity index (χ1n) is 6.85. The van der Waals surface area contributed by atoms with Crippen molar-refractivity contribution in [2.24, 2.45) is 0 Å². The van der Waals surface area contributed by atoms with E-state index in [2.05, 4.69) is 33.4 Å². The minimum atomic E-state index is -3.06. The predicted octanol–water partition coefficient (Wildman–Crippen LogP) is 2.89. The van der Waals surface area contributed by atoms with Crippen LogP contribution in [0.3, 0.4) is 0 Å². The number of benzene rings is 1. The number of hydrogen-bond acceptors (Lipinski definition) is 3. The second kappa shape index (κ2) is 5.43. The van der Waals surface area contributed by atoms with Crippen molar-refractivity contribution in [2.75, 3.05) is 18.8 Å². The average molecular weight is 360 g/mol. The minimum Gasteiger partial charge on any atom is -0.315 e. The molecule has 1 fully saturated rings. The van der Waals surface area contributed by atoms with E-state index in [1.54, 1.807) is 20.8 Å². The Morgan fingerprint density at radius 1 is 1.30 bits per heavy atom. The summed E-state index contributed by atoms with van der Waals surface area (Å²) in [5, 5.41) is 3.28. The van der Waals surface area contributed by atoms with Crippen molar-refractivity contribution in [1.29, 1.82) is 0 Å². The van der Waals surface area contributed by atoms with Gasteiger partial charge < -0.3 is 5.32 Å². The van der Waals surface area contributed by atoms with Crippen LogP contribution < -0.4 is 5.32 Å². The maximum absolute atomic E-state index is 12.3. The van der Waals surface area contributed by atoms with Crippen LogP contribution in [0.4, 0.5) is 0 Å². The molecular formula is C15H22BrNO2S. The van der Waals surface area contributed by atoms with Crippen LogP contribution in [0.2, 0.25) is 0 Å². The summed E-state index contributed by atoms with van der Waals surface area (Å²) in [6, 6.07) is 8.20. The normalized spacial score (nSPS) is 18.6. The molecule has 2 rings (SSSR count). The third-order valence-corrected chi connectivity index (χ3v) is 7.25. The van der Waals surface area contributed by atoms with Gasteiger partial charge in [0.1, 0.15) is 0 Å². The van der Waals surface area contributed by atoms with Crippen LogP contribution in [0.25, 0.3) is 0 Å². The molecule has 1 heterocycles. The van der Waals surface area contributed by atoms with Crippen molar-refractivity contribution in [3.8, 4) is 0 Å². The molecule has 112 valence electrons. The van der Waals surface area contributed by atoms with Crippen LogP contribution in [0.1, 0.15) is 32.8 Å². The lowest BCUT2D eigenvalue weighted by Gasteiger charge is -2.44. The zero-order chi connectivity index (χ0) is 15.0. The molecule has 1 saturated heterocycles. The van der Waals surface area contributed by atoms with Crippen molar-refractivity contribution >= 4 is 25.8 Å². The van der Waals surface area contributed by atoms with Crippen molar-refractivity contribution in [3.05, 3.63) is 34.3 Å². The van der Waals surface area contributed by atoms with Gasteiger partial charge in [-0.3, -0.25) is 0 Å². The largest absolute Gasteiger partial charge is 0.315 e. The predicted molar refractivity (Wildman–Crippen MR) is 86.8 cm³/mol. The Morgan fingerprint density at radius 2 is 1.95 bits per heavy atom. The van der Waals surface area contributed by atoms with Crippen LogP contribution in [-0.4, -0.2) is 32.0 Å². The molecule has 0 bridgehead atoms. The SMILES string of the molecule is CC(C)(C)S(=O)(=O)CCC1(c2cccc(Br)c2)CNC1. The summed E-state index contributed by atoms with van der Waals surface area (Å²) in [6.45, 7) is 7.01. The van der Waals surface area contributed by atoms with Gasteiger partial charge in [0, 0.05) is 23.0 Å². The highest BCUT2D eigenvalue weighted by atomic mass is 79.9. The second-order valence-electron chi connectivity index (χ2n) is 6.58. The average Bonchev–Trinajstić information content (AvgIpc) is 2.26. The summed E-state index contributed by atoms with van der Waals surface area (Å²) >= 11 is 3.49. The summed E-state index contributed by atoms with van der Waals surface area (Å²) in [6.07, 6.45) is 0.677. The van der Waals surface area contributed by atoms with Gasteiger partial charge in [-0.1, -0.05) is 28.1 Å². The third kappa shape index (κ3) is 3.10. The standard InChI is InChI=1S/C15H22BrNO2S/c1-14(2,3)20(18,19)8-7-15(10-17-11-15)12-5-4-6-13(16)9-12/h4-6,9,17H,7-8,10-11H2,1-3H3. The fourth-order valence-electron chi connectivity index (χ4n) is 2.41. The second-order valence-corrected chi connectivity index (χ2v) is 10.4. The van der Waals surface area contributed by atoms with Crippen molar-refractivity contribution in [1.82, 2.24) is 5.32 Å². The van der Waals surface area contributed by atoms with Crippen molar-refractivity contribution in [3.63, 3.8) is 0 Å². The molecule has 1 N–H and O–H groups in total. The number of rotatable bonds is 4. The van der Waals surface area contributed by atoms with Crippen LogP contribution in [0.5, 0.6) is 0 Å². The fraction of sp³-hybridized carbons (Fsp3) is 0.600. The number of sulfone groups is 1. The van der Waals surface area contributed by atoms with Gasteiger partial charge in [0.2, 0.25) is 0 Å². The molecular weight excluding hydrogens is 338 g/mol. The first-order chi connectivity index (χ1) is 9.16. The monoisotopic (exact) mass is 359 g/mol. The Balaban J connectivity index is 2.18. The van der Waals surface area contributed by atoms with Gasteiger partial charge >= 0.3 is 0 Å². The van der Waals surface area contributed by atoms with Gasteiger partial charge in [0.05, 0.1) is 10.5 Å². The Bertz CT molecular complexity index is 586. The number of halogens is 1. The maximum atomic E-state index is 12.3. The fourth-order valence-corrected chi connectivity index (χ4v) is 4.08. The molecule has 1 aromatic rings. The first kappa shape index (κ1) is 16.0. The van der Waals surface area contributed by atoms with E-state index < -0.39 is 14.6 Å². The van der Waals surface area contributed by atoms with Gasteiger partial charge in [-0.05, 0) is 44.9 Å². The molecule has 1 aliphatic heterocycles. The molecule has 3 nitrogen and oxygen atoms in total. The van der Waals surface area contributed by atoms with Crippen molar-refractivity contribution in [2.45, 2.75) is 37.4 Å². The van der Waals surface area contributed by atoms with Gasteiger partial charge in [0.25, 0.3) is 0 Å². The first-order valence-corrected chi connectivity index (χ1v) is 9.30. The smallest absolute Gasteiger partial charge is 0.155 e. The van der Waals surface area contributed by atoms with Crippen LogP contribution in [0.15, 0.2) is 28.7 Å². The van der Waals surface area contributed by atoms with E-state index in [-0.39, 0.29) is 11.2 Å². The summed E-state index contributed by atoms with van der Waals surface area (Å²) in [5.41, 5.74) is 1.18. The van der Waals surface area contributed by atoms with Gasteiger partial charge in [-0.2, -0.15) is 0 Å². The molecule has 0 amide bonds. The molecule has 0 radical (unpaired) electrons.